The lowest BCUT2D eigenvalue weighted by Crippen LogP contribution is -2.39. The molecule has 6 nitrogen and oxygen atoms in total. The number of rotatable bonds is 5. The predicted molar refractivity (Wildman–Crippen MR) is 114 cm³/mol. The second-order valence-electron chi connectivity index (χ2n) is 9.96. The van der Waals surface area contributed by atoms with Crippen molar-refractivity contribution in [3.63, 3.8) is 0 Å². The van der Waals surface area contributed by atoms with E-state index in [0.717, 1.165) is 36.9 Å². The third kappa shape index (κ3) is 3.80. The normalized spacial score (nSPS) is 24.8. The summed E-state index contributed by atoms with van der Waals surface area (Å²) in [6, 6.07) is 5.67. The maximum absolute atomic E-state index is 12.9. The monoisotopic (exact) mass is 413 g/mol. The Morgan fingerprint density at radius 2 is 2.00 bits per heavy atom. The van der Waals surface area contributed by atoms with E-state index >= 15 is 0 Å². The summed E-state index contributed by atoms with van der Waals surface area (Å²) in [5.74, 6) is 0.131. The van der Waals surface area contributed by atoms with E-state index in [4.69, 9.17) is 13.9 Å². The van der Waals surface area contributed by atoms with E-state index in [1.54, 1.807) is 12.1 Å². The van der Waals surface area contributed by atoms with Gasteiger partial charge in [-0.3, -0.25) is 4.79 Å². The number of furan rings is 1. The van der Waals surface area contributed by atoms with Crippen LogP contribution in [-0.4, -0.2) is 42.6 Å². The summed E-state index contributed by atoms with van der Waals surface area (Å²) in [5.41, 5.74) is 1.67. The van der Waals surface area contributed by atoms with Crippen molar-refractivity contribution in [3.8, 4) is 5.75 Å². The Kier molecular flexibility index (Phi) is 5.07. The lowest BCUT2D eigenvalue weighted by molar-refractivity contribution is -0.135. The van der Waals surface area contributed by atoms with Gasteiger partial charge in [0, 0.05) is 23.5 Å². The molecule has 1 aromatic carbocycles. The average molecular weight is 414 g/mol. The smallest absolute Gasteiger partial charge is 0.375 e. The standard InChI is InChI=1S/C24H31NO5/c1-6-28-17-7-8-19-18(9-17)15(2)21(30-19)22(27)29-12-20(26)25-14-24(5)11-16(25)10-23(3,4)13-24/h7-9,16H,6,10-14H2,1-5H3/t16-,24+/m1/s1. The molecule has 2 bridgehead atoms. The van der Waals surface area contributed by atoms with Crippen molar-refractivity contribution in [3.05, 3.63) is 29.5 Å². The maximum Gasteiger partial charge on any atom is 0.375 e. The molecule has 1 aliphatic heterocycles. The number of likely N-dealkylation sites (tertiary alicyclic amines) is 1. The first-order valence-corrected chi connectivity index (χ1v) is 10.7. The van der Waals surface area contributed by atoms with Gasteiger partial charge in [0.1, 0.15) is 11.3 Å². The minimum Gasteiger partial charge on any atom is -0.494 e. The molecule has 2 aromatic rings. The summed E-state index contributed by atoms with van der Waals surface area (Å²) < 4.78 is 16.6. The number of ether oxygens (including phenoxy) is 2. The number of amides is 1. The number of esters is 1. The number of hydrogen-bond donors (Lipinski definition) is 0. The third-order valence-corrected chi connectivity index (χ3v) is 6.47. The molecule has 30 heavy (non-hydrogen) atoms. The van der Waals surface area contributed by atoms with Crippen LogP contribution in [0.25, 0.3) is 11.0 Å². The molecule has 1 aromatic heterocycles. The fourth-order valence-corrected chi connectivity index (χ4v) is 5.68. The highest BCUT2D eigenvalue weighted by molar-refractivity contribution is 5.97. The molecule has 0 spiro atoms. The van der Waals surface area contributed by atoms with Gasteiger partial charge in [-0.2, -0.15) is 0 Å². The average Bonchev–Trinajstić information content (AvgIpc) is 3.12. The molecule has 0 unspecified atom stereocenters. The van der Waals surface area contributed by atoms with Crippen LogP contribution in [-0.2, 0) is 9.53 Å². The van der Waals surface area contributed by atoms with Crippen molar-refractivity contribution >= 4 is 22.8 Å². The largest absolute Gasteiger partial charge is 0.494 e. The quantitative estimate of drug-likeness (QED) is 0.663. The van der Waals surface area contributed by atoms with Gasteiger partial charge >= 0.3 is 5.97 Å². The van der Waals surface area contributed by atoms with Crippen molar-refractivity contribution in [1.29, 1.82) is 0 Å². The zero-order valence-electron chi connectivity index (χ0n) is 18.5. The molecule has 2 heterocycles. The minimum absolute atomic E-state index is 0.123. The van der Waals surface area contributed by atoms with Gasteiger partial charge in [-0.25, -0.2) is 4.79 Å². The second-order valence-corrected chi connectivity index (χ2v) is 9.96. The Morgan fingerprint density at radius 1 is 1.23 bits per heavy atom. The van der Waals surface area contributed by atoms with Crippen LogP contribution in [0.15, 0.2) is 22.6 Å². The number of carbonyl (C=O) groups excluding carboxylic acids is 2. The van der Waals surface area contributed by atoms with E-state index in [1.807, 2.05) is 24.8 Å². The van der Waals surface area contributed by atoms with E-state index in [-0.39, 0.29) is 35.1 Å². The minimum atomic E-state index is -0.608. The van der Waals surface area contributed by atoms with Gasteiger partial charge in [0.25, 0.3) is 5.91 Å². The van der Waals surface area contributed by atoms with Crippen LogP contribution in [0, 0.1) is 17.8 Å². The van der Waals surface area contributed by atoms with Crippen molar-refractivity contribution in [2.24, 2.45) is 10.8 Å². The van der Waals surface area contributed by atoms with Crippen molar-refractivity contribution < 1.29 is 23.5 Å². The topological polar surface area (TPSA) is 69.0 Å². The Labute approximate surface area is 177 Å². The first-order chi connectivity index (χ1) is 14.1. The zero-order valence-corrected chi connectivity index (χ0v) is 18.5. The summed E-state index contributed by atoms with van der Waals surface area (Å²) >= 11 is 0. The highest BCUT2D eigenvalue weighted by atomic mass is 16.5. The van der Waals surface area contributed by atoms with E-state index < -0.39 is 5.97 Å². The Morgan fingerprint density at radius 3 is 2.73 bits per heavy atom. The van der Waals surface area contributed by atoms with E-state index in [9.17, 15) is 9.59 Å². The summed E-state index contributed by atoms with van der Waals surface area (Å²) in [5, 5.41) is 0.808. The van der Waals surface area contributed by atoms with Crippen molar-refractivity contribution in [2.45, 2.75) is 59.9 Å². The van der Waals surface area contributed by atoms with E-state index in [1.165, 1.54) is 0 Å². The molecule has 2 atom stereocenters. The number of fused-ring (bicyclic) bond motifs is 3. The fraction of sp³-hybridized carbons (Fsp3) is 0.583. The SMILES string of the molecule is CCOc1ccc2oc(C(=O)OCC(=O)N3C[C@@]4(C)C[C@H]3CC(C)(C)C4)c(C)c2c1. The lowest BCUT2D eigenvalue weighted by atomic mass is 9.65. The molecule has 1 saturated heterocycles. The third-order valence-electron chi connectivity index (χ3n) is 6.47. The molecule has 0 radical (unpaired) electrons. The first-order valence-electron chi connectivity index (χ1n) is 10.7. The van der Waals surface area contributed by atoms with Crippen molar-refractivity contribution in [1.82, 2.24) is 4.90 Å². The lowest BCUT2D eigenvalue weighted by Gasteiger charge is -2.39. The van der Waals surface area contributed by atoms with Gasteiger partial charge in [0.15, 0.2) is 6.61 Å². The van der Waals surface area contributed by atoms with Gasteiger partial charge in [-0.05, 0) is 62.1 Å². The van der Waals surface area contributed by atoms with Crippen LogP contribution in [0.4, 0.5) is 0 Å². The molecule has 1 aliphatic carbocycles. The number of aryl methyl sites for hydroxylation is 1. The van der Waals surface area contributed by atoms with Crippen LogP contribution >= 0.6 is 0 Å². The predicted octanol–water partition coefficient (Wildman–Crippen LogP) is 4.72. The molecule has 6 heteroatoms. The van der Waals surface area contributed by atoms with E-state index in [0.29, 0.717) is 17.8 Å². The van der Waals surface area contributed by atoms with Gasteiger partial charge in [-0.15, -0.1) is 0 Å². The maximum atomic E-state index is 12.9. The summed E-state index contributed by atoms with van der Waals surface area (Å²) in [6.07, 6.45) is 3.13. The molecule has 162 valence electrons. The molecule has 2 aliphatic rings. The first kappa shape index (κ1) is 20.8. The summed E-state index contributed by atoms with van der Waals surface area (Å²) in [7, 11) is 0. The number of benzene rings is 1. The van der Waals surface area contributed by atoms with Crippen molar-refractivity contribution in [2.75, 3.05) is 19.8 Å². The van der Waals surface area contributed by atoms with Gasteiger partial charge in [-0.1, -0.05) is 20.8 Å². The molecule has 1 saturated carbocycles. The molecule has 1 amide bonds. The van der Waals surface area contributed by atoms with Crippen LogP contribution < -0.4 is 4.74 Å². The fourth-order valence-electron chi connectivity index (χ4n) is 5.68. The highest BCUT2D eigenvalue weighted by Gasteiger charge is 2.51. The Balaban J connectivity index is 1.44. The van der Waals surface area contributed by atoms with E-state index in [2.05, 4.69) is 20.8 Å². The van der Waals surface area contributed by atoms with Crippen LogP contribution in [0.5, 0.6) is 5.75 Å². The highest BCUT2D eigenvalue weighted by Crippen LogP contribution is 2.52. The summed E-state index contributed by atoms with van der Waals surface area (Å²) in [4.78, 5) is 27.4. The molecule has 4 rings (SSSR count). The van der Waals surface area contributed by atoms with Crippen LogP contribution in [0.1, 0.15) is 63.1 Å². The summed E-state index contributed by atoms with van der Waals surface area (Å²) in [6.45, 7) is 11.6. The second kappa shape index (κ2) is 7.33. The van der Waals surface area contributed by atoms with Gasteiger partial charge in [0.05, 0.1) is 6.61 Å². The molecule has 0 N–H and O–H groups in total. The van der Waals surface area contributed by atoms with Crippen LogP contribution in [0.2, 0.25) is 0 Å². The number of hydrogen-bond acceptors (Lipinski definition) is 5. The van der Waals surface area contributed by atoms with Crippen LogP contribution in [0.3, 0.4) is 0 Å². The van der Waals surface area contributed by atoms with Gasteiger partial charge < -0.3 is 18.8 Å². The molecular formula is C24H31NO5. The zero-order chi connectivity index (χ0) is 21.7. The molecular weight excluding hydrogens is 382 g/mol. The number of carbonyl (C=O) groups is 2. The Hall–Kier alpha value is -2.50. The molecule has 2 fully saturated rings. The Bertz CT molecular complexity index is 991. The van der Waals surface area contributed by atoms with Gasteiger partial charge in [0.2, 0.25) is 5.76 Å². The number of nitrogens with zero attached hydrogens (tertiary/aromatic N) is 1.